The number of halogens is 1. The van der Waals surface area contributed by atoms with Crippen LogP contribution in [0.2, 0.25) is 5.15 Å². The number of hydrogen-bond donors (Lipinski definition) is 1. The van der Waals surface area contributed by atoms with Gasteiger partial charge in [0.05, 0.1) is 6.07 Å². The van der Waals surface area contributed by atoms with Gasteiger partial charge in [0.15, 0.2) is 5.15 Å². The van der Waals surface area contributed by atoms with E-state index < -0.39 is 0 Å². The lowest BCUT2D eigenvalue weighted by Crippen LogP contribution is -2.06. The van der Waals surface area contributed by atoms with Crippen LogP contribution in [0.15, 0.2) is 29.1 Å². The normalized spacial score (nSPS) is 14.4. The van der Waals surface area contributed by atoms with E-state index in [1.807, 2.05) is 19.1 Å². The van der Waals surface area contributed by atoms with Gasteiger partial charge in [0.1, 0.15) is 5.75 Å². The molecule has 2 aromatic rings. The molecule has 5 heteroatoms. The molecular weight excluding hydrogens is 264 g/mol. The summed E-state index contributed by atoms with van der Waals surface area (Å²) >= 11 is 5.60. The van der Waals surface area contributed by atoms with E-state index in [0.29, 0.717) is 11.8 Å². The second-order valence-corrected chi connectivity index (χ2v) is 5.11. The number of nitrogens with zero attached hydrogens (tertiary/aromatic N) is 1. The second kappa shape index (κ2) is 4.70. The van der Waals surface area contributed by atoms with Gasteiger partial charge in [0.2, 0.25) is 11.3 Å². The van der Waals surface area contributed by atoms with E-state index in [2.05, 4.69) is 16.3 Å². The maximum absolute atomic E-state index is 11.5. The fraction of sp³-hybridized carbons (Fsp3) is 0.286. The zero-order valence-corrected chi connectivity index (χ0v) is 11.2. The monoisotopic (exact) mass is 276 g/mol. The number of aryl methyl sites for hydroxylation is 1. The van der Waals surface area contributed by atoms with E-state index in [-0.39, 0.29) is 10.6 Å². The Kier molecular flexibility index (Phi) is 3.03. The molecule has 1 fully saturated rings. The van der Waals surface area contributed by atoms with E-state index in [4.69, 9.17) is 16.3 Å². The SMILES string of the molecule is Cc1cccc(C2CC2)c1Oc1cc(=O)c(Cl)n[nH]1. The van der Waals surface area contributed by atoms with E-state index in [1.54, 1.807) is 0 Å². The maximum Gasteiger partial charge on any atom is 0.222 e. The number of nitrogens with one attached hydrogen (secondary N) is 1. The van der Waals surface area contributed by atoms with Crippen LogP contribution < -0.4 is 10.2 Å². The molecule has 1 aliphatic rings. The summed E-state index contributed by atoms with van der Waals surface area (Å²) in [4.78, 5) is 11.5. The van der Waals surface area contributed by atoms with Crippen molar-refractivity contribution in [1.82, 2.24) is 10.2 Å². The van der Waals surface area contributed by atoms with Crippen molar-refractivity contribution in [2.45, 2.75) is 25.7 Å². The predicted molar refractivity (Wildman–Crippen MR) is 73.1 cm³/mol. The Labute approximate surface area is 115 Å². The van der Waals surface area contributed by atoms with Crippen molar-refractivity contribution in [1.29, 1.82) is 0 Å². The van der Waals surface area contributed by atoms with E-state index >= 15 is 0 Å². The van der Waals surface area contributed by atoms with Gasteiger partial charge >= 0.3 is 0 Å². The van der Waals surface area contributed by atoms with Crippen LogP contribution in [0.5, 0.6) is 11.6 Å². The van der Waals surface area contributed by atoms with Gasteiger partial charge in [-0.2, -0.15) is 5.10 Å². The molecule has 98 valence electrons. The molecule has 0 radical (unpaired) electrons. The van der Waals surface area contributed by atoms with Crippen molar-refractivity contribution in [3.63, 3.8) is 0 Å². The van der Waals surface area contributed by atoms with Gasteiger partial charge in [0.25, 0.3) is 0 Å². The fourth-order valence-corrected chi connectivity index (χ4v) is 2.16. The molecule has 1 N–H and O–H groups in total. The van der Waals surface area contributed by atoms with E-state index in [1.165, 1.54) is 24.5 Å². The van der Waals surface area contributed by atoms with Crippen molar-refractivity contribution < 1.29 is 4.74 Å². The Bertz CT molecular complexity index is 677. The molecule has 1 heterocycles. The number of H-pyrrole nitrogens is 1. The van der Waals surface area contributed by atoms with Crippen LogP contribution in [0.25, 0.3) is 0 Å². The molecule has 19 heavy (non-hydrogen) atoms. The number of benzene rings is 1. The molecular formula is C14H13ClN2O2. The van der Waals surface area contributed by atoms with Crippen LogP contribution in [0.1, 0.15) is 29.9 Å². The fourth-order valence-electron chi connectivity index (χ4n) is 2.06. The Morgan fingerprint density at radius 3 is 2.89 bits per heavy atom. The molecule has 0 amide bonds. The summed E-state index contributed by atoms with van der Waals surface area (Å²) in [5, 5.41) is 6.25. The van der Waals surface area contributed by atoms with Crippen molar-refractivity contribution >= 4 is 11.6 Å². The quantitative estimate of drug-likeness (QED) is 0.935. The summed E-state index contributed by atoms with van der Waals surface area (Å²) < 4.78 is 5.80. The van der Waals surface area contributed by atoms with Gasteiger partial charge in [-0.1, -0.05) is 29.8 Å². The van der Waals surface area contributed by atoms with Crippen LogP contribution in [0.4, 0.5) is 0 Å². The Morgan fingerprint density at radius 1 is 1.42 bits per heavy atom. The molecule has 1 aromatic heterocycles. The number of aromatic amines is 1. The molecule has 0 bridgehead atoms. The molecule has 0 aliphatic heterocycles. The van der Waals surface area contributed by atoms with Crippen molar-refractivity contribution in [2.75, 3.05) is 0 Å². The molecule has 0 atom stereocenters. The molecule has 4 nitrogen and oxygen atoms in total. The molecule has 3 rings (SSSR count). The highest BCUT2D eigenvalue weighted by atomic mass is 35.5. The van der Waals surface area contributed by atoms with Crippen molar-refractivity contribution in [3.05, 3.63) is 50.8 Å². The van der Waals surface area contributed by atoms with Gasteiger partial charge in [0, 0.05) is 0 Å². The standard InChI is InChI=1S/C14H13ClN2O2/c1-8-3-2-4-10(9-5-6-9)13(8)19-12-7-11(18)14(15)17-16-12/h2-4,7,9H,5-6H2,1H3,(H,16,18). The summed E-state index contributed by atoms with van der Waals surface area (Å²) in [5.74, 6) is 1.69. The molecule has 1 aromatic carbocycles. The lowest BCUT2D eigenvalue weighted by molar-refractivity contribution is 0.445. The topological polar surface area (TPSA) is 55.0 Å². The Balaban J connectivity index is 1.98. The number of hydrogen-bond acceptors (Lipinski definition) is 3. The van der Waals surface area contributed by atoms with Crippen LogP contribution in [0.3, 0.4) is 0 Å². The summed E-state index contributed by atoms with van der Waals surface area (Å²) in [5.41, 5.74) is 1.88. The van der Waals surface area contributed by atoms with Crippen LogP contribution in [0, 0.1) is 6.92 Å². The number of ether oxygens (including phenoxy) is 1. The number of rotatable bonds is 3. The summed E-state index contributed by atoms with van der Waals surface area (Å²) in [6, 6.07) is 7.40. The molecule has 0 saturated heterocycles. The first-order valence-corrected chi connectivity index (χ1v) is 6.55. The first kappa shape index (κ1) is 12.2. The third-order valence-electron chi connectivity index (χ3n) is 3.20. The Hall–Kier alpha value is -1.81. The summed E-state index contributed by atoms with van der Waals surface area (Å²) in [7, 11) is 0. The molecule has 1 aliphatic carbocycles. The average Bonchev–Trinajstić information content (AvgIpc) is 3.20. The van der Waals surface area contributed by atoms with Crippen LogP contribution in [-0.2, 0) is 0 Å². The van der Waals surface area contributed by atoms with Crippen LogP contribution in [-0.4, -0.2) is 10.2 Å². The minimum absolute atomic E-state index is 0.0837. The molecule has 0 spiro atoms. The van der Waals surface area contributed by atoms with Gasteiger partial charge < -0.3 is 4.74 Å². The van der Waals surface area contributed by atoms with Gasteiger partial charge in [-0.15, -0.1) is 0 Å². The van der Waals surface area contributed by atoms with E-state index in [9.17, 15) is 4.79 Å². The highest BCUT2D eigenvalue weighted by Crippen LogP contribution is 2.45. The van der Waals surface area contributed by atoms with E-state index in [0.717, 1.165) is 11.3 Å². The number of para-hydroxylation sites is 1. The second-order valence-electron chi connectivity index (χ2n) is 4.76. The minimum Gasteiger partial charge on any atom is -0.439 e. The van der Waals surface area contributed by atoms with Gasteiger partial charge in [-0.3, -0.25) is 4.79 Å². The third kappa shape index (κ3) is 2.49. The summed E-state index contributed by atoms with van der Waals surface area (Å²) in [6.45, 7) is 1.99. The number of aromatic nitrogens is 2. The zero-order chi connectivity index (χ0) is 13.4. The first-order valence-electron chi connectivity index (χ1n) is 6.18. The summed E-state index contributed by atoms with van der Waals surface area (Å²) in [6.07, 6.45) is 2.38. The zero-order valence-electron chi connectivity index (χ0n) is 10.4. The van der Waals surface area contributed by atoms with Crippen molar-refractivity contribution in [2.24, 2.45) is 0 Å². The molecule has 0 unspecified atom stereocenters. The third-order valence-corrected chi connectivity index (χ3v) is 3.47. The lowest BCUT2D eigenvalue weighted by Gasteiger charge is -2.12. The van der Waals surface area contributed by atoms with Crippen molar-refractivity contribution in [3.8, 4) is 11.6 Å². The average molecular weight is 277 g/mol. The Morgan fingerprint density at radius 2 is 2.21 bits per heavy atom. The van der Waals surface area contributed by atoms with Crippen LogP contribution >= 0.6 is 11.6 Å². The largest absolute Gasteiger partial charge is 0.439 e. The van der Waals surface area contributed by atoms with Gasteiger partial charge in [-0.05, 0) is 36.8 Å². The smallest absolute Gasteiger partial charge is 0.222 e. The maximum atomic E-state index is 11.5. The predicted octanol–water partition coefficient (Wildman–Crippen LogP) is 3.40. The van der Waals surface area contributed by atoms with Gasteiger partial charge in [-0.25, -0.2) is 5.10 Å². The lowest BCUT2D eigenvalue weighted by atomic mass is 10.1. The highest BCUT2D eigenvalue weighted by Gasteiger charge is 2.27. The molecule has 1 saturated carbocycles. The first-order chi connectivity index (χ1) is 9.15. The minimum atomic E-state index is -0.350. The highest BCUT2D eigenvalue weighted by molar-refractivity contribution is 6.29.